The Morgan fingerprint density at radius 2 is 1.44 bits per heavy atom. The number of hydrogen-bond acceptors (Lipinski definition) is 10. The smallest absolute Gasteiger partial charge is 0.414 e. The minimum absolute atomic E-state index is 0.174. The highest BCUT2D eigenvalue weighted by Crippen LogP contribution is 2.36. The van der Waals surface area contributed by atoms with Crippen molar-refractivity contribution in [2.45, 2.75) is 13.3 Å². The largest absolute Gasteiger partial charge is 0.473 e. The number of hydrogen-bond donors (Lipinski definition) is 6. The molecule has 214 valence electrons. The fraction of sp³-hybridized carbons (Fsp3) is 0.333. The molecule has 0 bridgehead atoms. The molecule has 0 saturated heterocycles. The number of thiophene rings is 1. The van der Waals surface area contributed by atoms with Gasteiger partial charge in [-0.05, 0) is 46.1 Å². The van der Waals surface area contributed by atoms with Crippen LogP contribution in [0.3, 0.4) is 0 Å². The number of amides is 1. The fourth-order valence-corrected chi connectivity index (χ4v) is 3.55. The number of benzene rings is 1. The van der Waals surface area contributed by atoms with Gasteiger partial charge in [-0.25, -0.2) is 24.0 Å². The lowest BCUT2D eigenvalue weighted by atomic mass is 10.0. The van der Waals surface area contributed by atoms with Crippen molar-refractivity contribution >= 4 is 52.1 Å². The minimum atomic E-state index is -1.82. The van der Waals surface area contributed by atoms with E-state index in [-0.39, 0.29) is 19.1 Å². The molecule has 1 amide bonds. The topological polar surface area (TPSA) is 220 Å². The molecule has 0 aliphatic rings. The number of carboxylic acids is 4. The van der Waals surface area contributed by atoms with Crippen molar-refractivity contribution in [2.24, 2.45) is 0 Å². The molecule has 0 saturated carbocycles. The van der Waals surface area contributed by atoms with Gasteiger partial charge in [0.1, 0.15) is 10.6 Å². The average Bonchev–Trinajstić information content (AvgIpc) is 3.28. The summed E-state index contributed by atoms with van der Waals surface area (Å²) in [5.41, 5.74) is 2.10. The summed E-state index contributed by atoms with van der Waals surface area (Å²) in [6.07, 6.45) is 0.964. The Bertz CT molecular complexity index is 1070. The molecule has 1 heterocycles. The molecule has 0 atom stereocenters. The lowest BCUT2D eigenvalue weighted by molar-refractivity contribution is -0.159. The van der Waals surface area contributed by atoms with E-state index in [2.05, 4.69) is 15.5 Å². The Balaban J connectivity index is 0.00000100. The second-order valence-electron chi connectivity index (χ2n) is 7.54. The third-order valence-electron chi connectivity index (χ3n) is 4.22. The third-order valence-corrected chi connectivity index (χ3v) is 5.11. The van der Waals surface area contributed by atoms with E-state index in [0.29, 0.717) is 10.6 Å². The van der Waals surface area contributed by atoms with E-state index < -0.39 is 29.8 Å². The first-order valence-electron chi connectivity index (χ1n) is 11.2. The van der Waals surface area contributed by atoms with E-state index >= 15 is 0 Å². The second-order valence-corrected chi connectivity index (χ2v) is 8.42. The van der Waals surface area contributed by atoms with Gasteiger partial charge >= 0.3 is 29.8 Å². The zero-order chi connectivity index (χ0) is 30.0. The first kappa shape index (κ1) is 34.7. The van der Waals surface area contributed by atoms with E-state index in [9.17, 15) is 9.59 Å². The van der Waals surface area contributed by atoms with E-state index in [1.54, 1.807) is 6.92 Å². The highest BCUT2D eigenvalue weighted by Gasteiger charge is 2.22. The van der Waals surface area contributed by atoms with Crippen molar-refractivity contribution in [1.29, 1.82) is 0 Å². The highest BCUT2D eigenvalue weighted by molar-refractivity contribution is 7.15. The number of rotatable bonds is 10. The van der Waals surface area contributed by atoms with Crippen LogP contribution in [0.5, 0.6) is 0 Å². The lowest BCUT2D eigenvalue weighted by Crippen LogP contribution is -2.30. The van der Waals surface area contributed by atoms with Crippen LogP contribution in [0.2, 0.25) is 0 Å². The normalized spacial score (nSPS) is 9.74. The van der Waals surface area contributed by atoms with Crippen LogP contribution in [0.1, 0.15) is 23.7 Å². The Morgan fingerprint density at radius 1 is 0.897 bits per heavy atom. The molecule has 0 unspecified atom stereocenters. The van der Waals surface area contributed by atoms with Crippen LogP contribution >= 0.6 is 11.3 Å². The molecule has 0 fully saturated rings. The molecule has 0 aliphatic heterocycles. The van der Waals surface area contributed by atoms with E-state index in [1.807, 2.05) is 49.8 Å². The van der Waals surface area contributed by atoms with Gasteiger partial charge in [-0.2, -0.15) is 0 Å². The number of ether oxygens (including phenoxy) is 1. The van der Waals surface area contributed by atoms with Crippen LogP contribution in [-0.4, -0.2) is 101 Å². The fourth-order valence-electron chi connectivity index (χ4n) is 2.58. The molecule has 6 N–H and O–H groups in total. The molecule has 14 nitrogen and oxygen atoms in total. The molecule has 2 aromatic rings. The summed E-state index contributed by atoms with van der Waals surface area (Å²) in [5, 5.41) is 37.9. The standard InChI is InChI=1S/C20H27N3O3S.2C2H2O4/c1-4-26-20(25)18-16(15-9-6-5-7-10-15)14-27-19(18)22-17(24)13-21-11-8-12-23(2)3;2*3-1(4)2(5)6/h5-7,9-10,14,21H,4,8,11-13H2,1-3H3,(H,22,24);2*(H,3,4)(H,5,6). The van der Waals surface area contributed by atoms with Gasteiger partial charge in [0.25, 0.3) is 0 Å². The number of esters is 1. The highest BCUT2D eigenvalue weighted by atomic mass is 32.1. The predicted molar refractivity (Wildman–Crippen MR) is 141 cm³/mol. The van der Waals surface area contributed by atoms with Gasteiger partial charge in [-0.15, -0.1) is 11.3 Å². The zero-order valence-corrected chi connectivity index (χ0v) is 22.3. The maximum absolute atomic E-state index is 12.5. The molecule has 15 heteroatoms. The van der Waals surface area contributed by atoms with Crippen molar-refractivity contribution in [3.63, 3.8) is 0 Å². The number of carboxylic acid groups (broad SMARTS) is 4. The molecular formula is C24H31N3O11S. The maximum Gasteiger partial charge on any atom is 0.414 e. The van der Waals surface area contributed by atoms with E-state index in [0.717, 1.165) is 30.6 Å². The molecular weight excluding hydrogens is 538 g/mol. The summed E-state index contributed by atoms with van der Waals surface area (Å²) in [6, 6.07) is 9.62. The van der Waals surface area contributed by atoms with Crippen molar-refractivity contribution in [3.8, 4) is 11.1 Å². The monoisotopic (exact) mass is 569 g/mol. The molecule has 1 aromatic heterocycles. The van der Waals surface area contributed by atoms with Crippen LogP contribution in [0.15, 0.2) is 35.7 Å². The van der Waals surface area contributed by atoms with Gasteiger partial charge in [-0.3, -0.25) is 4.79 Å². The number of carbonyl (C=O) groups is 6. The van der Waals surface area contributed by atoms with Gasteiger partial charge in [0.2, 0.25) is 5.91 Å². The first-order valence-corrected chi connectivity index (χ1v) is 12.1. The average molecular weight is 570 g/mol. The molecule has 0 radical (unpaired) electrons. The quantitative estimate of drug-likeness (QED) is 0.135. The van der Waals surface area contributed by atoms with Crippen LogP contribution < -0.4 is 10.6 Å². The van der Waals surface area contributed by atoms with Gasteiger partial charge in [0.15, 0.2) is 0 Å². The second kappa shape index (κ2) is 18.8. The first-order chi connectivity index (χ1) is 18.3. The number of nitrogens with one attached hydrogen (secondary N) is 2. The summed E-state index contributed by atoms with van der Waals surface area (Å²) in [7, 11) is 4.04. The van der Waals surface area contributed by atoms with Crippen molar-refractivity contribution in [2.75, 3.05) is 45.7 Å². The third kappa shape index (κ3) is 14.9. The van der Waals surface area contributed by atoms with E-state index in [4.69, 9.17) is 44.3 Å². The number of aliphatic carboxylic acids is 4. The number of anilines is 1. The Morgan fingerprint density at radius 3 is 1.90 bits per heavy atom. The number of nitrogens with zero attached hydrogens (tertiary/aromatic N) is 1. The lowest BCUT2D eigenvalue weighted by Gasteiger charge is -2.11. The SMILES string of the molecule is CCOC(=O)c1c(-c2ccccc2)csc1NC(=O)CNCCCN(C)C.O=C(O)C(=O)O.O=C(O)C(=O)O. The Hall–Kier alpha value is -4.34. The van der Waals surface area contributed by atoms with Crippen LogP contribution in [-0.2, 0) is 28.7 Å². The minimum Gasteiger partial charge on any atom is -0.473 e. The van der Waals surface area contributed by atoms with E-state index in [1.165, 1.54) is 11.3 Å². The van der Waals surface area contributed by atoms with Crippen LogP contribution in [0.25, 0.3) is 11.1 Å². The Kier molecular flexibility index (Phi) is 16.7. The van der Waals surface area contributed by atoms with Gasteiger partial charge in [0.05, 0.1) is 13.2 Å². The summed E-state index contributed by atoms with van der Waals surface area (Å²) in [4.78, 5) is 63.2. The molecule has 0 aliphatic carbocycles. The Labute approximate surface area is 227 Å². The molecule has 1 aromatic carbocycles. The van der Waals surface area contributed by atoms with Gasteiger partial charge in [0, 0.05) is 10.9 Å². The summed E-state index contributed by atoms with van der Waals surface area (Å²) >= 11 is 1.33. The summed E-state index contributed by atoms with van der Waals surface area (Å²) in [6.45, 7) is 3.98. The zero-order valence-electron chi connectivity index (χ0n) is 21.5. The maximum atomic E-state index is 12.5. The van der Waals surface area contributed by atoms with Crippen molar-refractivity contribution < 1.29 is 53.9 Å². The van der Waals surface area contributed by atoms with Crippen LogP contribution in [0.4, 0.5) is 5.00 Å². The molecule has 39 heavy (non-hydrogen) atoms. The summed E-state index contributed by atoms with van der Waals surface area (Å²) in [5.74, 6) is -7.89. The van der Waals surface area contributed by atoms with Crippen LogP contribution in [0, 0.1) is 0 Å². The summed E-state index contributed by atoms with van der Waals surface area (Å²) < 4.78 is 5.20. The van der Waals surface area contributed by atoms with Gasteiger partial charge in [-0.1, -0.05) is 30.3 Å². The predicted octanol–water partition coefficient (Wildman–Crippen LogP) is 1.38. The number of carbonyl (C=O) groups excluding carboxylic acids is 2. The van der Waals surface area contributed by atoms with Crippen molar-refractivity contribution in [3.05, 3.63) is 41.3 Å². The van der Waals surface area contributed by atoms with Gasteiger partial charge < -0.3 is 40.7 Å². The molecule has 0 spiro atoms. The van der Waals surface area contributed by atoms with Crippen molar-refractivity contribution in [1.82, 2.24) is 10.2 Å². The molecule has 2 rings (SSSR count).